The Morgan fingerprint density at radius 3 is 2.62 bits per heavy atom. The fourth-order valence-corrected chi connectivity index (χ4v) is 3.81. The number of ether oxygens (including phenoxy) is 1. The number of nitrogens with zero attached hydrogens (tertiary/aromatic N) is 2. The Bertz CT molecular complexity index is 457. The van der Waals surface area contributed by atoms with Gasteiger partial charge in [0.25, 0.3) is 0 Å². The number of hydrogen-bond acceptors (Lipinski definition) is 3. The molecule has 1 aromatic rings. The number of nitrogen functional groups attached to an aromatic ring is 1. The highest BCUT2D eigenvalue weighted by molar-refractivity contribution is 5.42. The fourth-order valence-electron chi connectivity index (χ4n) is 3.81. The number of imidazole rings is 1. The molecule has 1 unspecified atom stereocenters. The van der Waals surface area contributed by atoms with Crippen LogP contribution in [-0.4, -0.2) is 22.8 Å². The summed E-state index contributed by atoms with van der Waals surface area (Å²) in [6.07, 6.45) is 9.92. The first kappa shape index (κ1) is 14.9. The highest BCUT2D eigenvalue weighted by Crippen LogP contribution is 2.38. The minimum absolute atomic E-state index is 0.404. The molecule has 0 bridgehead atoms. The van der Waals surface area contributed by atoms with Gasteiger partial charge in [-0.25, -0.2) is 4.98 Å². The molecule has 1 aromatic heterocycles. The van der Waals surface area contributed by atoms with Gasteiger partial charge in [-0.1, -0.05) is 26.2 Å². The molecule has 1 aliphatic carbocycles. The molecule has 0 aromatic carbocycles. The molecule has 0 radical (unpaired) electrons. The molecule has 1 saturated carbocycles. The lowest BCUT2D eigenvalue weighted by atomic mass is 9.98. The molecule has 3 rings (SSSR count). The van der Waals surface area contributed by atoms with Crippen molar-refractivity contribution in [3.8, 4) is 0 Å². The summed E-state index contributed by atoms with van der Waals surface area (Å²) in [5.41, 5.74) is 7.61. The van der Waals surface area contributed by atoms with E-state index in [1.165, 1.54) is 50.8 Å². The normalized spacial score (nSPS) is 23.8. The Kier molecular flexibility index (Phi) is 4.84. The van der Waals surface area contributed by atoms with Gasteiger partial charge in [0.1, 0.15) is 11.6 Å². The zero-order valence-electron chi connectivity index (χ0n) is 13.3. The topological polar surface area (TPSA) is 53.1 Å². The second-order valence-corrected chi connectivity index (χ2v) is 6.64. The van der Waals surface area contributed by atoms with Crippen LogP contribution in [0.4, 0.5) is 5.82 Å². The third-order valence-corrected chi connectivity index (χ3v) is 5.07. The first-order valence-electron chi connectivity index (χ1n) is 8.74. The van der Waals surface area contributed by atoms with Crippen molar-refractivity contribution in [2.24, 2.45) is 0 Å². The third-order valence-electron chi connectivity index (χ3n) is 5.07. The number of rotatable bonds is 5. The number of aromatic nitrogens is 2. The quantitative estimate of drug-likeness (QED) is 0.897. The maximum absolute atomic E-state index is 6.49. The van der Waals surface area contributed by atoms with Gasteiger partial charge in [0.15, 0.2) is 0 Å². The lowest BCUT2D eigenvalue weighted by molar-refractivity contribution is 0.0795. The van der Waals surface area contributed by atoms with Crippen LogP contribution in [0.5, 0.6) is 0 Å². The van der Waals surface area contributed by atoms with Gasteiger partial charge in [0, 0.05) is 25.0 Å². The predicted octanol–water partition coefficient (Wildman–Crippen LogP) is 3.82. The van der Waals surface area contributed by atoms with Gasteiger partial charge in [-0.2, -0.15) is 0 Å². The van der Waals surface area contributed by atoms with Crippen molar-refractivity contribution in [2.75, 3.05) is 18.9 Å². The van der Waals surface area contributed by atoms with E-state index in [0.717, 1.165) is 37.7 Å². The second-order valence-electron chi connectivity index (χ2n) is 6.64. The van der Waals surface area contributed by atoms with Crippen molar-refractivity contribution in [3.63, 3.8) is 0 Å². The van der Waals surface area contributed by atoms with Gasteiger partial charge in [0.2, 0.25) is 0 Å². The predicted molar refractivity (Wildman–Crippen MR) is 85.6 cm³/mol. The lowest BCUT2D eigenvalue weighted by Crippen LogP contribution is -2.17. The molecule has 2 N–H and O–H groups in total. The SMILES string of the molecule is CCCCn1c(C2CCCC2)nc(C2CCCOC2)c1N. The van der Waals surface area contributed by atoms with Crippen LogP contribution < -0.4 is 5.73 Å². The molecule has 1 aliphatic heterocycles. The maximum Gasteiger partial charge on any atom is 0.127 e. The molecule has 4 nitrogen and oxygen atoms in total. The van der Waals surface area contributed by atoms with Crippen LogP contribution in [0.1, 0.15) is 81.6 Å². The number of unbranched alkanes of at least 4 members (excludes halogenated alkanes) is 1. The molecule has 118 valence electrons. The summed E-state index contributed by atoms with van der Waals surface area (Å²) >= 11 is 0. The van der Waals surface area contributed by atoms with Gasteiger partial charge in [-0.05, 0) is 32.1 Å². The Morgan fingerprint density at radius 2 is 1.95 bits per heavy atom. The summed E-state index contributed by atoms with van der Waals surface area (Å²) in [5, 5.41) is 0. The minimum atomic E-state index is 0.404. The van der Waals surface area contributed by atoms with E-state index < -0.39 is 0 Å². The molecule has 1 atom stereocenters. The van der Waals surface area contributed by atoms with E-state index in [4.69, 9.17) is 15.5 Å². The lowest BCUT2D eigenvalue weighted by Gasteiger charge is -2.21. The molecule has 0 spiro atoms. The summed E-state index contributed by atoms with van der Waals surface area (Å²) in [5.74, 6) is 3.21. The van der Waals surface area contributed by atoms with Crippen LogP contribution in [0.2, 0.25) is 0 Å². The van der Waals surface area contributed by atoms with Gasteiger partial charge in [-0.15, -0.1) is 0 Å². The van der Waals surface area contributed by atoms with E-state index in [2.05, 4.69) is 11.5 Å². The van der Waals surface area contributed by atoms with Crippen LogP contribution in [0, 0.1) is 0 Å². The molecule has 0 amide bonds. The maximum atomic E-state index is 6.49. The van der Waals surface area contributed by atoms with Crippen LogP contribution in [0.25, 0.3) is 0 Å². The van der Waals surface area contributed by atoms with Crippen molar-refractivity contribution in [2.45, 2.75) is 76.7 Å². The van der Waals surface area contributed by atoms with Gasteiger partial charge in [-0.3, -0.25) is 0 Å². The van der Waals surface area contributed by atoms with Crippen molar-refractivity contribution in [1.29, 1.82) is 0 Å². The number of hydrogen-bond donors (Lipinski definition) is 1. The molecule has 21 heavy (non-hydrogen) atoms. The summed E-state index contributed by atoms with van der Waals surface area (Å²) in [4.78, 5) is 5.03. The molecular weight excluding hydrogens is 262 g/mol. The van der Waals surface area contributed by atoms with E-state index in [0.29, 0.717) is 11.8 Å². The highest BCUT2D eigenvalue weighted by atomic mass is 16.5. The molecular formula is C17H29N3O. The van der Waals surface area contributed by atoms with Crippen LogP contribution >= 0.6 is 0 Å². The van der Waals surface area contributed by atoms with E-state index in [1.54, 1.807) is 0 Å². The highest BCUT2D eigenvalue weighted by Gasteiger charge is 2.28. The molecule has 2 aliphatic rings. The van der Waals surface area contributed by atoms with Crippen LogP contribution in [0.15, 0.2) is 0 Å². The summed E-state index contributed by atoms with van der Waals surface area (Å²) in [7, 11) is 0. The fraction of sp³-hybridized carbons (Fsp3) is 0.824. The zero-order valence-corrected chi connectivity index (χ0v) is 13.3. The van der Waals surface area contributed by atoms with E-state index in [1.807, 2.05) is 0 Å². The molecule has 1 saturated heterocycles. The second kappa shape index (κ2) is 6.82. The van der Waals surface area contributed by atoms with Gasteiger partial charge in [0.05, 0.1) is 12.3 Å². The Hall–Kier alpha value is -1.03. The number of anilines is 1. The first-order valence-corrected chi connectivity index (χ1v) is 8.74. The summed E-state index contributed by atoms with van der Waals surface area (Å²) in [6, 6.07) is 0. The molecule has 2 fully saturated rings. The summed E-state index contributed by atoms with van der Waals surface area (Å²) < 4.78 is 7.97. The van der Waals surface area contributed by atoms with Gasteiger partial charge < -0.3 is 15.0 Å². The first-order chi connectivity index (χ1) is 10.3. The standard InChI is InChI=1S/C17H29N3O/c1-2-3-10-20-16(18)15(14-9-6-11-21-12-14)19-17(20)13-7-4-5-8-13/h13-14H,2-12,18H2,1H3. The van der Waals surface area contributed by atoms with E-state index in [-0.39, 0.29) is 0 Å². The van der Waals surface area contributed by atoms with E-state index >= 15 is 0 Å². The Balaban J connectivity index is 1.88. The Labute approximate surface area is 128 Å². The largest absolute Gasteiger partial charge is 0.384 e. The number of nitrogens with two attached hydrogens (primary N) is 1. The average Bonchev–Trinajstić information content (AvgIpc) is 3.14. The van der Waals surface area contributed by atoms with Crippen molar-refractivity contribution in [1.82, 2.24) is 9.55 Å². The monoisotopic (exact) mass is 291 g/mol. The van der Waals surface area contributed by atoms with E-state index in [9.17, 15) is 0 Å². The van der Waals surface area contributed by atoms with Crippen LogP contribution in [0.3, 0.4) is 0 Å². The Morgan fingerprint density at radius 1 is 1.19 bits per heavy atom. The third kappa shape index (κ3) is 3.10. The summed E-state index contributed by atoms with van der Waals surface area (Å²) in [6.45, 7) is 4.94. The molecule has 2 heterocycles. The van der Waals surface area contributed by atoms with Crippen molar-refractivity contribution >= 4 is 5.82 Å². The molecule has 4 heteroatoms. The zero-order chi connectivity index (χ0) is 14.7. The van der Waals surface area contributed by atoms with Gasteiger partial charge >= 0.3 is 0 Å². The minimum Gasteiger partial charge on any atom is -0.384 e. The van der Waals surface area contributed by atoms with Crippen LogP contribution in [-0.2, 0) is 11.3 Å². The smallest absolute Gasteiger partial charge is 0.127 e. The van der Waals surface area contributed by atoms with Crippen molar-refractivity contribution in [3.05, 3.63) is 11.5 Å². The van der Waals surface area contributed by atoms with Crippen molar-refractivity contribution < 1.29 is 4.74 Å². The average molecular weight is 291 g/mol.